The van der Waals surface area contributed by atoms with Crippen LogP contribution in [0.25, 0.3) is 0 Å². The zero-order valence-electron chi connectivity index (χ0n) is 14.6. The lowest BCUT2D eigenvalue weighted by molar-refractivity contribution is 0.0948. The lowest BCUT2D eigenvalue weighted by Crippen LogP contribution is -2.25. The number of sulfonamides is 1. The van der Waals surface area contributed by atoms with Gasteiger partial charge in [-0.3, -0.25) is 9.52 Å². The van der Waals surface area contributed by atoms with Crippen LogP contribution in [0.1, 0.15) is 22.3 Å². The normalized spacial score (nSPS) is 11.2. The first kappa shape index (κ1) is 20.2. The van der Waals surface area contributed by atoms with E-state index >= 15 is 0 Å². The summed E-state index contributed by atoms with van der Waals surface area (Å²) in [7, 11) is -2.16. The third-order valence-corrected chi connectivity index (χ3v) is 5.29. The minimum Gasteiger partial charge on any atom is -0.385 e. The molecule has 26 heavy (non-hydrogen) atoms. The maximum absolute atomic E-state index is 12.5. The van der Waals surface area contributed by atoms with E-state index in [-0.39, 0.29) is 10.8 Å². The molecule has 2 aromatic carbocycles. The first-order chi connectivity index (χ1) is 12.3. The van der Waals surface area contributed by atoms with E-state index in [1.165, 1.54) is 24.3 Å². The SMILES string of the molecule is COCCCNC(=O)c1ccc(S(=O)(=O)Nc2ccc(Cl)cc2C)cc1. The van der Waals surface area contributed by atoms with Crippen LogP contribution >= 0.6 is 11.6 Å². The molecule has 0 radical (unpaired) electrons. The maximum atomic E-state index is 12.5. The van der Waals surface area contributed by atoms with Crippen LogP contribution < -0.4 is 10.0 Å². The number of amides is 1. The number of benzene rings is 2. The summed E-state index contributed by atoms with van der Waals surface area (Å²) < 4.78 is 32.5. The summed E-state index contributed by atoms with van der Waals surface area (Å²) in [6.45, 7) is 2.82. The number of aryl methyl sites for hydroxylation is 1. The monoisotopic (exact) mass is 396 g/mol. The molecule has 0 saturated carbocycles. The number of ether oxygens (including phenoxy) is 1. The molecule has 8 heteroatoms. The van der Waals surface area contributed by atoms with Gasteiger partial charge in [-0.1, -0.05) is 11.6 Å². The molecular weight excluding hydrogens is 376 g/mol. The van der Waals surface area contributed by atoms with Gasteiger partial charge in [0.05, 0.1) is 10.6 Å². The fraction of sp³-hybridized carbons (Fsp3) is 0.278. The van der Waals surface area contributed by atoms with Crippen molar-refractivity contribution in [3.63, 3.8) is 0 Å². The maximum Gasteiger partial charge on any atom is 0.261 e. The van der Waals surface area contributed by atoms with E-state index in [4.69, 9.17) is 16.3 Å². The van der Waals surface area contributed by atoms with Gasteiger partial charge in [0.25, 0.3) is 15.9 Å². The Morgan fingerprint density at radius 3 is 2.46 bits per heavy atom. The van der Waals surface area contributed by atoms with E-state index in [0.29, 0.717) is 41.4 Å². The van der Waals surface area contributed by atoms with Gasteiger partial charge in [0, 0.05) is 30.8 Å². The minimum absolute atomic E-state index is 0.0720. The standard InChI is InChI=1S/C18H21ClN2O4S/c1-13-12-15(19)6-9-17(13)21-26(23,24)16-7-4-14(5-8-16)18(22)20-10-3-11-25-2/h4-9,12,21H,3,10-11H2,1-2H3,(H,20,22). The fourth-order valence-corrected chi connectivity index (χ4v) is 3.61. The van der Waals surface area contributed by atoms with Gasteiger partial charge in [-0.05, 0) is 61.4 Å². The Balaban J connectivity index is 2.07. The minimum atomic E-state index is -3.76. The van der Waals surface area contributed by atoms with Gasteiger partial charge in [0.2, 0.25) is 0 Å². The highest BCUT2D eigenvalue weighted by atomic mass is 35.5. The van der Waals surface area contributed by atoms with Crippen molar-refractivity contribution in [3.05, 3.63) is 58.6 Å². The molecule has 0 aromatic heterocycles. The molecule has 2 rings (SSSR count). The first-order valence-electron chi connectivity index (χ1n) is 7.99. The second kappa shape index (κ2) is 9.02. The van der Waals surface area contributed by atoms with Crippen molar-refractivity contribution in [2.75, 3.05) is 25.0 Å². The second-order valence-corrected chi connectivity index (χ2v) is 7.81. The van der Waals surface area contributed by atoms with Crippen molar-refractivity contribution in [2.24, 2.45) is 0 Å². The molecule has 0 saturated heterocycles. The Hall–Kier alpha value is -2.09. The van der Waals surface area contributed by atoms with Crippen LogP contribution in [0.3, 0.4) is 0 Å². The second-order valence-electron chi connectivity index (χ2n) is 5.69. The van der Waals surface area contributed by atoms with Gasteiger partial charge in [-0.2, -0.15) is 0 Å². The van der Waals surface area contributed by atoms with Crippen LogP contribution in [-0.2, 0) is 14.8 Å². The summed E-state index contributed by atoms with van der Waals surface area (Å²) in [5.41, 5.74) is 1.56. The zero-order chi connectivity index (χ0) is 19.2. The van der Waals surface area contributed by atoms with Crippen LogP contribution in [0, 0.1) is 6.92 Å². The van der Waals surface area contributed by atoms with Gasteiger partial charge in [0.1, 0.15) is 0 Å². The Labute approximate surface area is 158 Å². The van der Waals surface area contributed by atoms with Crippen LogP contribution in [0.2, 0.25) is 5.02 Å². The van der Waals surface area contributed by atoms with Gasteiger partial charge in [-0.25, -0.2) is 8.42 Å². The molecule has 0 aliphatic rings. The van der Waals surface area contributed by atoms with E-state index in [1.807, 2.05) is 0 Å². The van der Waals surface area contributed by atoms with Gasteiger partial charge < -0.3 is 10.1 Å². The number of carbonyl (C=O) groups is 1. The number of carbonyl (C=O) groups excluding carboxylic acids is 1. The Morgan fingerprint density at radius 2 is 1.85 bits per heavy atom. The van der Waals surface area contributed by atoms with Crippen molar-refractivity contribution in [1.82, 2.24) is 5.32 Å². The third kappa shape index (κ3) is 5.45. The molecule has 0 bridgehead atoms. The number of hydrogen-bond donors (Lipinski definition) is 2. The number of anilines is 1. The van der Waals surface area contributed by atoms with E-state index in [0.717, 1.165) is 0 Å². The number of hydrogen-bond acceptors (Lipinski definition) is 4. The quantitative estimate of drug-likeness (QED) is 0.671. The molecule has 0 atom stereocenters. The van der Waals surface area contributed by atoms with E-state index in [2.05, 4.69) is 10.0 Å². The Bertz CT molecular complexity index is 867. The number of halogens is 1. The summed E-state index contributed by atoms with van der Waals surface area (Å²) in [5.74, 6) is -0.258. The molecule has 2 aromatic rings. The molecule has 0 spiro atoms. The lowest BCUT2D eigenvalue weighted by atomic mass is 10.2. The highest BCUT2D eigenvalue weighted by molar-refractivity contribution is 7.92. The summed E-state index contributed by atoms with van der Waals surface area (Å²) >= 11 is 5.88. The topological polar surface area (TPSA) is 84.5 Å². The zero-order valence-corrected chi connectivity index (χ0v) is 16.2. The molecule has 6 nitrogen and oxygen atoms in total. The highest BCUT2D eigenvalue weighted by Crippen LogP contribution is 2.23. The molecule has 0 heterocycles. The Morgan fingerprint density at radius 1 is 1.15 bits per heavy atom. The lowest BCUT2D eigenvalue weighted by Gasteiger charge is -2.11. The van der Waals surface area contributed by atoms with E-state index in [1.54, 1.807) is 32.2 Å². The number of nitrogens with one attached hydrogen (secondary N) is 2. The smallest absolute Gasteiger partial charge is 0.261 e. The van der Waals surface area contributed by atoms with Crippen molar-refractivity contribution in [2.45, 2.75) is 18.2 Å². The average Bonchev–Trinajstić information content (AvgIpc) is 2.61. The third-order valence-electron chi connectivity index (χ3n) is 3.67. The predicted octanol–water partition coefficient (Wildman–Crippen LogP) is 3.22. The van der Waals surface area contributed by atoms with Gasteiger partial charge >= 0.3 is 0 Å². The van der Waals surface area contributed by atoms with E-state index in [9.17, 15) is 13.2 Å². The molecule has 0 aliphatic heterocycles. The van der Waals surface area contributed by atoms with Crippen molar-refractivity contribution < 1.29 is 17.9 Å². The molecule has 2 N–H and O–H groups in total. The summed E-state index contributed by atoms with van der Waals surface area (Å²) in [6.07, 6.45) is 0.707. The molecule has 0 fully saturated rings. The van der Waals surface area contributed by atoms with E-state index < -0.39 is 10.0 Å². The van der Waals surface area contributed by atoms with Crippen molar-refractivity contribution in [1.29, 1.82) is 0 Å². The summed E-state index contributed by atoms with van der Waals surface area (Å²) in [4.78, 5) is 12.1. The summed E-state index contributed by atoms with van der Waals surface area (Å²) in [5, 5.41) is 3.28. The number of methoxy groups -OCH3 is 1. The average molecular weight is 397 g/mol. The largest absolute Gasteiger partial charge is 0.385 e. The van der Waals surface area contributed by atoms with Crippen LogP contribution in [0.5, 0.6) is 0 Å². The van der Waals surface area contributed by atoms with Gasteiger partial charge in [-0.15, -0.1) is 0 Å². The van der Waals surface area contributed by atoms with Crippen molar-refractivity contribution >= 4 is 33.2 Å². The predicted molar refractivity (Wildman–Crippen MR) is 102 cm³/mol. The van der Waals surface area contributed by atoms with Crippen LogP contribution in [0.15, 0.2) is 47.4 Å². The van der Waals surface area contributed by atoms with Gasteiger partial charge in [0.15, 0.2) is 0 Å². The van der Waals surface area contributed by atoms with Crippen molar-refractivity contribution in [3.8, 4) is 0 Å². The molecule has 0 unspecified atom stereocenters. The summed E-state index contributed by atoms with van der Waals surface area (Å²) in [6, 6.07) is 10.7. The molecule has 0 aliphatic carbocycles. The molecule has 140 valence electrons. The first-order valence-corrected chi connectivity index (χ1v) is 9.86. The highest BCUT2D eigenvalue weighted by Gasteiger charge is 2.16. The molecule has 1 amide bonds. The number of rotatable bonds is 8. The van der Waals surface area contributed by atoms with Crippen LogP contribution in [-0.4, -0.2) is 34.6 Å². The van der Waals surface area contributed by atoms with Crippen LogP contribution in [0.4, 0.5) is 5.69 Å². The fourth-order valence-electron chi connectivity index (χ4n) is 2.25. The Kier molecular flexibility index (Phi) is 7.02. The molecular formula is C18H21ClN2O4S.